The quantitative estimate of drug-likeness (QED) is 0.848. The average molecular weight is 286 g/mol. The van der Waals surface area contributed by atoms with E-state index in [-0.39, 0.29) is 11.3 Å². The third kappa shape index (κ3) is 2.56. The molecule has 0 spiro atoms. The summed E-state index contributed by atoms with van der Waals surface area (Å²) in [6.45, 7) is 2.10. The van der Waals surface area contributed by atoms with E-state index in [1.165, 1.54) is 11.1 Å². The number of carbonyl (C=O) groups excluding carboxylic acids is 1. The summed E-state index contributed by atoms with van der Waals surface area (Å²) in [4.78, 5) is 11.4. The Morgan fingerprint density at radius 1 is 1.25 bits per heavy atom. The predicted molar refractivity (Wildman–Crippen MR) is 82.3 cm³/mol. The van der Waals surface area contributed by atoms with Crippen molar-refractivity contribution in [3.63, 3.8) is 0 Å². The third-order valence-electron chi connectivity index (χ3n) is 3.78. The van der Waals surface area contributed by atoms with Gasteiger partial charge in [0, 0.05) is 5.69 Å². The zero-order valence-electron chi connectivity index (χ0n) is 11.3. The molecule has 0 fully saturated rings. The molecule has 0 saturated carbocycles. The fourth-order valence-corrected chi connectivity index (χ4v) is 2.90. The number of aryl methyl sites for hydroxylation is 1. The van der Waals surface area contributed by atoms with Gasteiger partial charge >= 0.3 is 0 Å². The van der Waals surface area contributed by atoms with Gasteiger partial charge in [0.1, 0.15) is 0 Å². The molecule has 20 heavy (non-hydrogen) atoms. The smallest absolute Gasteiger partial charge is 0.228 e. The average Bonchev–Trinajstić information content (AvgIpc) is 2.80. The van der Waals surface area contributed by atoms with Crippen LogP contribution in [0.25, 0.3) is 0 Å². The molecule has 1 atom stereocenters. The maximum Gasteiger partial charge on any atom is 0.228 e. The molecule has 0 aromatic heterocycles. The molecule has 0 aliphatic carbocycles. The Bertz CT molecular complexity index is 666. The highest BCUT2D eigenvalue weighted by Gasteiger charge is 2.19. The number of hydrogen-bond donors (Lipinski definition) is 1. The molecule has 0 saturated heterocycles. The molecule has 2 aromatic carbocycles. The van der Waals surface area contributed by atoms with Crippen LogP contribution in [0.15, 0.2) is 42.5 Å². The van der Waals surface area contributed by atoms with Gasteiger partial charge in [-0.05, 0) is 41.7 Å². The number of halogens is 1. The van der Waals surface area contributed by atoms with Crippen LogP contribution in [0.2, 0.25) is 0 Å². The van der Waals surface area contributed by atoms with Crippen LogP contribution in [0, 0.1) is 6.92 Å². The minimum atomic E-state index is -0.0721. The van der Waals surface area contributed by atoms with E-state index < -0.39 is 0 Å². The van der Waals surface area contributed by atoms with Gasteiger partial charge < -0.3 is 5.32 Å². The van der Waals surface area contributed by atoms with Crippen LogP contribution in [0.1, 0.15) is 27.6 Å². The number of hydrogen-bond acceptors (Lipinski definition) is 1. The Morgan fingerprint density at radius 2 is 2.05 bits per heavy atom. The second-order valence-electron chi connectivity index (χ2n) is 5.24. The first-order valence-electron chi connectivity index (χ1n) is 6.75. The topological polar surface area (TPSA) is 29.1 Å². The van der Waals surface area contributed by atoms with Gasteiger partial charge in [-0.3, -0.25) is 4.79 Å². The lowest BCUT2D eigenvalue weighted by Gasteiger charge is -2.13. The van der Waals surface area contributed by atoms with Crippen molar-refractivity contribution in [2.45, 2.75) is 25.1 Å². The summed E-state index contributed by atoms with van der Waals surface area (Å²) in [5.41, 5.74) is 5.56. The van der Waals surface area contributed by atoms with E-state index in [0.717, 1.165) is 23.2 Å². The first-order chi connectivity index (χ1) is 9.63. The maximum absolute atomic E-state index is 11.4. The van der Waals surface area contributed by atoms with Crippen molar-refractivity contribution < 1.29 is 4.79 Å². The van der Waals surface area contributed by atoms with Crippen molar-refractivity contribution in [2.75, 3.05) is 5.32 Å². The Morgan fingerprint density at radius 3 is 2.85 bits per heavy atom. The number of carbonyl (C=O) groups is 1. The number of amides is 1. The summed E-state index contributed by atoms with van der Waals surface area (Å²) >= 11 is 6.55. The van der Waals surface area contributed by atoms with Gasteiger partial charge in [-0.2, -0.15) is 0 Å². The molecule has 1 aliphatic heterocycles. The highest BCUT2D eigenvalue weighted by molar-refractivity contribution is 6.21. The number of fused-ring (bicyclic) bond motifs is 1. The molecule has 1 amide bonds. The van der Waals surface area contributed by atoms with E-state index >= 15 is 0 Å². The Hall–Kier alpha value is -1.80. The number of benzene rings is 2. The van der Waals surface area contributed by atoms with Gasteiger partial charge in [0.15, 0.2) is 0 Å². The molecule has 1 unspecified atom stereocenters. The van der Waals surface area contributed by atoms with E-state index in [1.807, 2.05) is 30.3 Å². The van der Waals surface area contributed by atoms with Crippen molar-refractivity contribution in [2.24, 2.45) is 0 Å². The fourth-order valence-electron chi connectivity index (χ4n) is 2.59. The molecule has 2 nitrogen and oxygen atoms in total. The van der Waals surface area contributed by atoms with Crippen LogP contribution in [0.3, 0.4) is 0 Å². The van der Waals surface area contributed by atoms with Crippen LogP contribution >= 0.6 is 11.6 Å². The highest BCUT2D eigenvalue weighted by atomic mass is 35.5. The molecule has 0 radical (unpaired) electrons. The zero-order chi connectivity index (χ0) is 14.1. The number of rotatable bonds is 3. The van der Waals surface area contributed by atoms with E-state index in [4.69, 9.17) is 11.6 Å². The standard InChI is InChI=1S/C17H16ClNO/c1-11-4-2-3-5-12(11)9-15(18)13-6-7-16-14(8-13)10-17(20)19-16/h2-8,15H,9-10H2,1H3,(H,19,20). The molecular formula is C17H16ClNO. The molecule has 3 heteroatoms. The van der Waals surface area contributed by atoms with Crippen molar-refractivity contribution in [1.29, 1.82) is 0 Å². The summed E-state index contributed by atoms with van der Waals surface area (Å²) in [5.74, 6) is 0.0576. The first kappa shape index (κ1) is 13.2. The van der Waals surface area contributed by atoms with Gasteiger partial charge in [0.05, 0.1) is 11.8 Å². The van der Waals surface area contributed by atoms with Crippen LogP contribution in [-0.2, 0) is 17.6 Å². The lowest BCUT2D eigenvalue weighted by Crippen LogP contribution is -2.03. The van der Waals surface area contributed by atoms with E-state index in [1.54, 1.807) is 0 Å². The summed E-state index contributed by atoms with van der Waals surface area (Å²) in [6.07, 6.45) is 1.26. The second-order valence-corrected chi connectivity index (χ2v) is 5.77. The number of alkyl halides is 1. The Kier molecular flexibility index (Phi) is 3.49. The van der Waals surface area contributed by atoms with E-state index in [9.17, 15) is 4.79 Å². The van der Waals surface area contributed by atoms with E-state index in [0.29, 0.717) is 6.42 Å². The molecule has 3 rings (SSSR count). The minimum absolute atomic E-state index is 0.0576. The lowest BCUT2D eigenvalue weighted by molar-refractivity contribution is -0.115. The Balaban J connectivity index is 1.82. The number of anilines is 1. The van der Waals surface area contributed by atoms with Crippen LogP contribution in [0.5, 0.6) is 0 Å². The zero-order valence-corrected chi connectivity index (χ0v) is 12.1. The molecule has 0 bridgehead atoms. The normalized spacial score (nSPS) is 14.8. The summed E-state index contributed by atoms with van der Waals surface area (Å²) < 4.78 is 0. The molecule has 1 aliphatic rings. The molecule has 1 heterocycles. The van der Waals surface area contributed by atoms with Crippen molar-refractivity contribution in [3.05, 3.63) is 64.7 Å². The highest BCUT2D eigenvalue weighted by Crippen LogP contribution is 2.31. The van der Waals surface area contributed by atoms with Crippen LogP contribution in [-0.4, -0.2) is 5.91 Å². The van der Waals surface area contributed by atoms with Gasteiger partial charge in [-0.1, -0.05) is 36.4 Å². The molecule has 2 aromatic rings. The molecular weight excluding hydrogens is 270 g/mol. The third-order valence-corrected chi connectivity index (χ3v) is 4.18. The maximum atomic E-state index is 11.4. The van der Waals surface area contributed by atoms with Gasteiger partial charge in [0.2, 0.25) is 5.91 Å². The Labute approximate surface area is 123 Å². The predicted octanol–water partition coefficient (Wildman–Crippen LogP) is 4.01. The van der Waals surface area contributed by atoms with Gasteiger partial charge in [0.25, 0.3) is 0 Å². The fraction of sp³-hybridized carbons (Fsp3) is 0.235. The summed E-state index contributed by atoms with van der Waals surface area (Å²) in [5, 5.41) is 2.77. The first-order valence-corrected chi connectivity index (χ1v) is 7.18. The van der Waals surface area contributed by atoms with Crippen molar-refractivity contribution in [1.82, 2.24) is 0 Å². The number of nitrogens with one attached hydrogen (secondary N) is 1. The van der Waals surface area contributed by atoms with E-state index in [2.05, 4.69) is 24.4 Å². The monoisotopic (exact) mass is 285 g/mol. The SMILES string of the molecule is Cc1ccccc1CC(Cl)c1ccc2c(c1)CC(=O)N2. The minimum Gasteiger partial charge on any atom is -0.326 e. The lowest BCUT2D eigenvalue weighted by atomic mass is 9.98. The van der Waals surface area contributed by atoms with Crippen molar-refractivity contribution in [3.8, 4) is 0 Å². The molecule has 102 valence electrons. The molecule has 1 N–H and O–H groups in total. The summed E-state index contributed by atoms with van der Waals surface area (Å²) in [6, 6.07) is 14.3. The van der Waals surface area contributed by atoms with Crippen LogP contribution in [0.4, 0.5) is 5.69 Å². The van der Waals surface area contributed by atoms with Gasteiger partial charge in [-0.15, -0.1) is 11.6 Å². The van der Waals surface area contributed by atoms with Crippen molar-refractivity contribution >= 4 is 23.2 Å². The summed E-state index contributed by atoms with van der Waals surface area (Å²) in [7, 11) is 0. The largest absolute Gasteiger partial charge is 0.326 e. The van der Waals surface area contributed by atoms with Crippen LogP contribution < -0.4 is 5.32 Å². The van der Waals surface area contributed by atoms with Gasteiger partial charge in [-0.25, -0.2) is 0 Å². The second kappa shape index (κ2) is 5.29.